The van der Waals surface area contributed by atoms with Crippen molar-refractivity contribution in [1.29, 1.82) is 0 Å². The van der Waals surface area contributed by atoms with Gasteiger partial charge in [-0.15, -0.1) is 0 Å². The van der Waals surface area contributed by atoms with Crippen molar-refractivity contribution in [2.45, 2.75) is 109 Å². The number of hydrogen-bond donors (Lipinski definition) is 2. The van der Waals surface area contributed by atoms with Crippen molar-refractivity contribution in [1.82, 2.24) is 0 Å². The summed E-state index contributed by atoms with van der Waals surface area (Å²) in [5.74, 6) is 0.285. The molecular weight excluding hydrogens is 316 g/mol. The summed E-state index contributed by atoms with van der Waals surface area (Å²) in [4.78, 5) is 22.7. The summed E-state index contributed by atoms with van der Waals surface area (Å²) in [7, 11) is 0. The van der Waals surface area contributed by atoms with Gasteiger partial charge < -0.3 is 10.2 Å². The van der Waals surface area contributed by atoms with Gasteiger partial charge in [-0.05, 0) is 51.4 Å². The Labute approximate surface area is 153 Å². The number of hydrogen-bond acceptors (Lipinski definition) is 3. The molecule has 0 amide bonds. The molecule has 1 aliphatic rings. The van der Waals surface area contributed by atoms with E-state index in [1.807, 2.05) is 6.92 Å². The predicted molar refractivity (Wildman–Crippen MR) is 101 cm³/mol. The number of aliphatic hydroxyl groups is 1. The molecule has 2 N–H and O–H groups in total. The van der Waals surface area contributed by atoms with E-state index in [9.17, 15) is 14.7 Å². The van der Waals surface area contributed by atoms with Crippen LogP contribution in [-0.2, 0) is 9.59 Å². The van der Waals surface area contributed by atoms with Crippen molar-refractivity contribution < 1.29 is 19.8 Å². The van der Waals surface area contributed by atoms with Gasteiger partial charge in [0.1, 0.15) is 5.78 Å². The molecule has 0 bridgehead atoms. The van der Waals surface area contributed by atoms with Gasteiger partial charge in [-0.3, -0.25) is 9.59 Å². The molecule has 4 nitrogen and oxygen atoms in total. The van der Waals surface area contributed by atoms with Crippen LogP contribution in [0.15, 0.2) is 0 Å². The first-order chi connectivity index (χ1) is 11.9. The molecule has 4 heteroatoms. The van der Waals surface area contributed by atoms with Gasteiger partial charge in [-0.2, -0.15) is 0 Å². The van der Waals surface area contributed by atoms with Crippen molar-refractivity contribution in [2.75, 3.05) is 0 Å². The maximum atomic E-state index is 12.2. The molecule has 1 rings (SSSR count). The second-order valence-corrected chi connectivity index (χ2v) is 8.21. The van der Waals surface area contributed by atoms with Crippen molar-refractivity contribution in [3.8, 4) is 0 Å². The second kappa shape index (κ2) is 11.7. The molecule has 0 unspecified atom stereocenters. The number of carbonyl (C=O) groups excluding carboxylic acids is 1. The third-order valence-electron chi connectivity index (χ3n) is 5.77. The van der Waals surface area contributed by atoms with Gasteiger partial charge in [0.15, 0.2) is 0 Å². The standard InChI is InChI=1S/C21H38O4/c1-3-4-9-15-21(2,25)16-14-17-12-13-19(22)18(17)10-7-5-6-8-11-20(23)24/h17-18,25H,3-16H2,1-2H3,(H,23,24)/t17-,18-,21+/m1/s1. The molecule has 25 heavy (non-hydrogen) atoms. The monoisotopic (exact) mass is 354 g/mol. The lowest BCUT2D eigenvalue weighted by atomic mass is 9.83. The number of aliphatic carboxylic acids is 1. The normalized spacial score (nSPS) is 22.9. The van der Waals surface area contributed by atoms with Crippen LogP contribution in [0.4, 0.5) is 0 Å². The van der Waals surface area contributed by atoms with Crippen LogP contribution in [-0.4, -0.2) is 27.6 Å². The fourth-order valence-corrected chi connectivity index (χ4v) is 4.09. The maximum absolute atomic E-state index is 12.2. The zero-order valence-corrected chi connectivity index (χ0v) is 16.3. The average molecular weight is 355 g/mol. The number of rotatable bonds is 14. The highest BCUT2D eigenvalue weighted by molar-refractivity contribution is 5.83. The van der Waals surface area contributed by atoms with Crippen LogP contribution in [0.2, 0.25) is 0 Å². The summed E-state index contributed by atoms with van der Waals surface area (Å²) in [5.41, 5.74) is -0.595. The minimum absolute atomic E-state index is 0.172. The van der Waals surface area contributed by atoms with Gasteiger partial charge in [0.2, 0.25) is 0 Å². The van der Waals surface area contributed by atoms with Crippen LogP contribution in [0, 0.1) is 11.8 Å². The first-order valence-electron chi connectivity index (χ1n) is 10.3. The van der Waals surface area contributed by atoms with Gasteiger partial charge in [0.05, 0.1) is 5.60 Å². The van der Waals surface area contributed by atoms with Crippen LogP contribution >= 0.6 is 0 Å². The third-order valence-corrected chi connectivity index (χ3v) is 5.77. The SMILES string of the molecule is CCCCC[C@](C)(O)CC[C@H]1CCC(=O)[C@@H]1CCCCCCC(=O)O. The van der Waals surface area contributed by atoms with Gasteiger partial charge in [-0.25, -0.2) is 0 Å². The van der Waals surface area contributed by atoms with E-state index < -0.39 is 11.6 Å². The van der Waals surface area contributed by atoms with E-state index in [-0.39, 0.29) is 12.3 Å². The van der Waals surface area contributed by atoms with E-state index in [1.165, 1.54) is 12.8 Å². The highest BCUT2D eigenvalue weighted by Crippen LogP contribution is 2.37. The van der Waals surface area contributed by atoms with E-state index in [0.717, 1.165) is 64.2 Å². The summed E-state index contributed by atoms with van der Waals surface area (Å²) in [5, 5.41) is 19.2. The fourth-order valence-electron chi connectivity index (χ4n) is 4.09. The molecule has 0 aliphatic heterocycles. The Morgan fingerprint density at radius 2 is 1.80 bits per heavy atom. The maximum Gasteiger partial charge on any atom is 0.303 e. The van der Waals surface area contributed by atoms with E-state index >= 15 is 0 Å². The van der Waals surface area contributed by atoms with Crippen LogP contribution in [0.1, 0.15) is 104 Å². The zero-order valence-electron chi connectivity index (χ0n) is 16.3. The first kappa shape index (κ1) is 22.1. The molecular formula is C21H38O4. The summed E-state index contributed by atoms with van der Waals surface area (Å²) >= 11 is 0. The van der Waals surface area contributed by atoms with E-state index in [2.05, 4.69) is 6.92 Å². The van der Waals surface area contributed by atoms with E-state index in [1.54, 1.807) is 0 Å². The minimum Gasteiger partial charge on any atom is -0.481 e. The minimum atomic E-state index is -0.725. The average Bonchev–Trinajstić information content (AvgIpc) is 2.89. The molecule has 1 saturated carbocycles. The molecule has 0 radical (unpaired) electrons. The molecule has 1 aliphatic carbocycles. The molecule has 0 spiro atoms. The summed E-state index contributed by atoms with van der Waals surface area (Å²) in [6.07, 6.45) is 12.6. The smallest absolute Gasteiger partial charge is 0.303 e. The topological polar surface area (TPSA) is 74.6 Å². The molecule has 0 aromatic rings. The number of Topliss-reactive ketones (excluding diaryl/α,β-unsaturated/α-hetero) is 1. The first-order valence-corrected chi connectivity index (χ1v) is 10.3. The van der Waals surface area contributed by atoms with Gasteiger partial charge in [0.25, 0.3) is 0 Å². The Morgan fingerprint density at radius 1 is 1.08 bits per heavy atom. The van der Waals surface area contributed by atoms with Gasteiger partial charge >= 0.3 is 5.97 Å². The van der Waals surface area contributed by atoms with Gasteiger partial charge in [0, 0.05) is 18.8 Å². The van der Waals surface area contributed by atoms with Crippen molar-refractivity contribution in [2.24, 2.45) is 11.8 Å². The lowest BCUT2D eigenvalue weighted by molar-refractivity contribution is -0.137. The van der Waals surface area contributed by atoms with Crippen molar-refractivity contribution >= 4 is 11.8 Å². The molecule has 0 aromatic heterocycles. The third kappa shape index (κ3) is 9.39. The summed E-state index contributed by atoms with van der Waals surface area (Å²) < 4.78 is 0. The quantitative estimate of drug-likeness (QED) is 0.425. The highest BCUT2D eigenvalue weighted by Gasteiger charge is 2.35. The zero-order chi connectivity index (χ0) is 18.7. The lowest BCUT2D eigenvalue weighted by Crippen LogP contribution is -2.26. The Balaban J connectivity index is 2.28. The molecule has 0 saturated heterocycles. The number of carboxylic acid groups (broad SMARTS) is 1. The Kier molecular flexibility index (Phi) is 10.3. The molecule has 146 valence electrons. The highest BCUT2D eigenvalue weighted by atomic mass is 16.4. The molecule has 3 atom stereocenters. The number of carboxylic acids is 1. The van der Waals surface area contributed by atoms with Crippen LogP contribution in [0.25, 0.3) is 0 Å². The van der Waals surface area contributed by atoms with Crippen LogP contribution in [0.3, 0.4) is 0 Å². The molecule has 1 fully saturated rings. The second-order valence-electron chi connectivity index (χ2n) is 8.21. The molecule has 0 heterocycles. The predicted octanol–water partition coefficient (Wildman–Crippen LogP) is 5.12. The Morgan fingerprint density at radius 3 is 2.48 bits per heavy atom. The number of unbranched alkanes of at least 4 members (excludes halogenated alkanes) is 5. The van der Waals surface area contributed by atoms with Crippen molar-refractivity contribution in [3.63, 3.8) is 0 Å². The summed E-state index contributed by atoms with van der Waals surface area (Å²) in [6.45, 7) is 4.11. The van der Waals surface area contributed by atoms with Crippen LogP contribution in [0.5, 0.6) is 0 Å². The van der Waals surface area contributed by atoms with Gasteiger partial charge in [-0.1, -0.05) is 45.4 Å². The largest absolute Gasteiger partial charge is 0.481 e. The van der Waals surface area contributed by atoms with Crippen molar-refractivity contribution in [3.05, 3.63) is 0 Å². The van der Waals surface area contributed by atoms with E-state index in [0.29, 0.717) is 18.1 Å². The summed E-state index contributed by atoms with van der Waals surface area (Å²) in [6, 6.07) is 0. The van der Waals surface area contributed by atoms with Crippen LogP contribution < -0.4 is 0 Å². The number of ketones is 1. The molecule has 0 aromatic carbocycles. The Hall–Kier alpha value is -0.900. The number of carbonyl (C=O) groups is 2. The van der Waals surface area contributed by atoms with E-state index in [4.69, 9.17) is 5.11 Å². The fraction of sp³-hybridized carbons (Fsp3) is 0.905. The Bertz CT molecular complexity index is 403. The lowest BCUT2D eigenvalue weighted by Gasteiger charge is -2.26.